The highest BCUT2D eigenvalue weighted by molar-refractivity contribution is 5.94. The standard InChI is InChI=1S/C16H22F3N3O/c1-2-12-3-5-13(6-4-12)15(23)21-11-14(16(17,18)19)22-9-7-20-8-10-22/h3-6,14,20H,2,7-11H2,1H3,(H,21,23). The van der Waals surface area contributed by atoms with Gasteiger partial charge >= 0.3 is 6.18 Å². The Kier molecular flexibility index (Phi) is 6.01. The van der Waals surface area contributed by atoms with E-state index in [1.807, 2.05) is 19.1 Å². The van der Waals surface area contributed by atoms with E-state index in [0.29, 0.717) is 31.7 Å². The summed E-state index contributed by atoms with van der Waals surface area (Å²) < 4.78 is 39.7. The predicted molar refractivity (Wildman–Crippen MR) is 82.4 cm³/mol. The van der Waals surface area contributed by atoms with Gasteiger partial charge in [-0.15, -0.1) is 0 Å². The average Bonchev–Trinajstić information content (AvgIpc) is 2.54. The van der Waals surface area contributed by atoms with Crippen LogP contribution in [0.5, 0.6) is 0 Å². The quantitative estimate of drug-likeness (QED) is 0.866. The van der Waals surface area contributed by atoms with E-state index in [9.17, 15) is 18.0 Å². The van der Waals surface area contributed by atoms with Crippen molar-refractivity contribution >= 4 is 5.91 Å². The first-order valence-corrected chi connectivity index (χ1v) is 7.80. The van der Waals surface area contributed by atoms with Gasteiger partial charge in [0.2, 0.25) is 0 Å². The van der Waals surface area contributed by atoms with Crippen molar-refractivity contribution in [3.8, 4) is 0 Å². The maximum Gasteiger partial charge on any atom is 0.405 e. The van der Waals surface area contributed by atoms with Gasteiger partial charge in [0.05, 0.1) is 0 Å². The molecule has 2 N–H and O–H groups in total. The van der Waals surface area contributed by atoms with Gasteiger partial charge in [-0.25, -0.2) is 0 Å². The second kappa shape index (κ2) is 7.79. The van der Waals surface area contributed by atoms with Crippen molar-refractivity contribution < 1.29 is 18.0 Å². The number of nitrogens with zero attached hydrogens (tertiary/aromatic N) is 1. The molecule has 0 bridgehead atoms. The minimum absolute atomic E-state index is 0.325. The Morgan fingerprint density at radius 2 is 1.87 bits per heavy atom. The van der Waals surface area contributed by atoms with Crippen molar-refractivity contribution in [2.75, 3.05) is 32.7 Å². The van der Waals surface area contributed by atoms with E-state index in [-0.39, 0.29) is 0 Å². The number of hydrogen-bond donors (Lipinski definition) is 2. The monoisotopic (exact) mass is 329 g/mol. The molecule has 1 aromatic carbocycles. The maximum absolute atomic E-state index is 13.2. The molecule has 1 saturated heterocycles. The molecule has 1 fully saturated rings. The summed E-state index contributed by atoms with van der Waals surface area (Å²) in [4.78, 5) is 13.4. The Hall–Kier alpha value is -1.60. The Morgan fingerprint density at radius 1 is 1.26 bits per heavy atom. The third kappa shape index (κ3) is 4.94. The van der Waals surface area contributed by atoms with Crippen molar-refractivity contribution in [3.63, 3.8) is 0 Å². The van der Waals surface area contributed by atoms with E-state index in [0.717, 1.165) is 12.0 Å². The van der Waals surface area contributed by atoms with Crippen molar-refractivity contribution in [2.45, 2.75) is 25.6 Å². The molecule has 0 saturated carbocycles. The fourth-order valence-corrected chi connectivity index (χ4v) is 2.63. The zero-order chi connectivity index (χ0) is 16.9. The second-order valence-corrected chi connectivity index (χ2v) is 5.60. The molecule has 0 radical (unpaired) electrons. The molecule has 23 heavy (non-hydrogen) atoms. The number of rotatable bonds is 5. The third-order valence-corrected chi connectivity index (χ3v) is 4.05. The van der Waals surface area contributed by atoms with E-state index in [2.05, 4.69) is 10.6 Å². The van der Waals surface area contributed by atoms with Gasteiger partial charge in [0.25, 0.3) is 5.91 Å². The van der Waals surface area contributed by atoms with Crippen molar-refractivity contribution in [2.24, 2.45) is 0 Å². The Balaban J connectivity index is 1.97. The zero-order valence-corrected chi connectivity index (χ0v) is 13.1. The normalized spacial score (nSPS) is 17.7. The SMILES string of the molecule is CCc1ccc(C(=O)NCC(N2CCNCC2)C(F)(F)F)cc1. The van der Waals surface area contributed by atoms with Crippen LogP contribution in [0.2, 0.25) is 0 Å². The van der Waals surface area contributed by atoms with Gasteiger partial charge in [-0.1, -0.05) is 19.1 Å². The lowest BCUT2D eigenvalue weighted by molar-refractivity contribution is -0.183. The largest absolute Gasteiger partial charge is 0.405 e. The molecule has 1 unspecified atom stereocenters. The summed E-state index contributed by atoms with van der Waals surface area (Å²) in [6.45, 7) is 3.27. The van der Waals surface area contributed by atoms with E-state index in [4.69, 9.17) is 0 Å². The van der Waals surface area contributed by atoms with Crippen LogP contribution in [0.3, 0.4) is 0 Å². The van der Waals surface area contributed by atoms with Gasteiger partial charge in [0.1, 0.15) is 6.04 Å². The van der Waals surface area contributed by atoms with Gasteiger partial charge in [0.15, 0.2) is 0 Å². The van der Waals surface area contributed by atoms with Crippen molar-refractivity contribution in [1.82, 2.24) is 15.5 Å². The molecule has 7 heteroatoms. The smallest absolute Gasteiger partial charge is 0.350 e. The van der Waals surface area contributed by atoms with Gasteiger partial charge in [-0.05, 0) is 24.1 Å². The van der Waals surface area contributed by atoms with E-state index in [1.54, 1.807) is 12.1 Å². The summed E-state index contributed by atoms with van der Waals surface area (Å²) in [5.74, 6) is -0.475. The molecule has 2 rings (SSSR count). The average molecular weight is 329 g/mol. The van der Waals surface area contributed by atoms with Crippen LogP contribution in [0.4, 0.5) is 13.2 Å². The minimum Gasteiger partial charge on any atom is -0.350 e. The van der Waals surface area contributed by atoms with Gasteiger partial charge < -0.3 is 10.6 Å². The molecule has 1 heterocycles. The molecular formula is C16H22F3N3O. The highest BCUT2D eigenvalue weighted by atomic mass is 19.4. The van der Waals surface area contributed by atoms with Crippen LogP contribution in [0, 0.1) is 0 Å². The number of carbonyl (C=O) groups excluding carboxylic acids is 1. The molecule has 1 aromatic rings. The number of hydrogen-bond acceptors (Lipinski definition) is 3. The Morgan fingerprint density at radius 3 is 2.39 bits per heavy atom. The molecule has 128 valence electrons. The minimum atomic E-state index is -4.36. The molecule has 0 spiro atoms. The first-order chi connectivity index (χ1) is 10.9. The highest BCUT2D eigenvalue weighted by Crippen LogP contribution is 2.24. The predicted octanol–water partition coefficient (Wildman–Crippen LogP) is 1.81. The molecule has 1 atom stereocenters. The summed E-state index contributed by atoms with van der Waals surface area (Å²) in [6, 6.07) is 5.26. The summed E-state index contributed by atoms with van der Waals surface area (Å²) >= 11 is 0. The third-order valence-electron chi connectivity index (χ3n) is 4.05. The maximum atomic E-state index is 13.2. The van der Waals surface area contributed by atoms with Crippen LogP contribution < -0.4 is 10.6 Å². The van der Waals surface area contributed by atoms with Crippen LogP contribution in [-0.2, 0) is 6.42 Å². The van der Waals surface area contributed by atoms with Crippen molar-refractivity contribution in [1.29, 1.82) is 0 Å². The number of piperazine rings is 1. The zero-order valence-electron chi connectivity index (χ0n) is 13.1. The topological polar surface area (TPSA) is 44.4 Å². The van der Waals surface area contributed by atoms with Gasteiger partial charge in [0, 0.05) is 38.3 Å². The van der Waals surface area contributed by atoms with E-state index in [1.165, 1.54) is 4.90 Å². The molecule has 1 aliphatic rings. The van der Waals surface area contributed by atoms with Crippen LogP contribution >= 0.6 is 0 Å². The summed E-state index contributed by atoms with van der Waals surface area (Å²) in [7, 11) is 0. The molecule has 0 aromatic heterocycles. The number of halogens is 3. The lowest BCUT2D eigenvalue weighted by Gasteiger charge is -2.35. The van der Waals surface area contributed by atoms with Gasteiger partial charge in [-0.2, -0.15) is 13.2 Å². The molecular weight excluding hydrogens is 307 g/mol. The number of carbonyl (C=O) groups is 1. The number of nitrogens with one attached hydrogen (secondary N) is 2. The molecule has 4 nitrogen and oxygen atoms in total. The van der Waals surface area contributed by atoms with Crippen LogP contribution in [-0.4, -0.2) is 55.7 Å². The number of alkyl halides is 3. The van der Waals surface area contributed by atoms with E-state index < -0.39 is 24.7 Å². The Bertz CT molecular complexity index is 510. The molecule has 0 aliphatic carbocycles. The highest BCUT2D eigenvalue weighted by Gasteiger charge is 2.43. The first kappa shape index (κ1) is 17.7. The number of aryl methyl sites for hydroxylation is 1. The second-order valence-electron chi connectivity index (χ2n) is 5.60. The fourth-order valence-electron chi connectivity index (χ4n) is 2.63. The summed E-state index contributed by atoms with van der Waals surface area (Å²) in [5, 5.41) is 5.45. The first-order valence-electron chi connectivity index (χ1n) is 7.80. The van der Waals surface area contributed by atoms with Crippen molar-refractivity contribution in [3.05, 3.63) is 35.4 Å². The lowest BCUT2D eigenvalue weighted by Crippen LogP contribution is -2.57. The van der Waals surface area contributed by atoms with Crippen LogP contribution in [0.25, 0.3) is 0 Å². The molecule has 1 aliphatic heterocycles. The lowest BCUT2D eigenvalue weighted by atomic mass is 10.1. The van der Waals surface area contributed by atoms with E-state index >= 15 is 0 Å². The number of amides is 1. The summed E-state index contributed by atoms with van der Waals surface area (Å²) in [5.41, 5.74) is 1.46. The number of benzene rings is 1. The van der Waals surface area contributed by atoms with Gasteiger partial charge in [-0.3, -0.25) is 9.69 Å². The fraction of sp³-hybridized carbons (Fsp3) is 0.562. The van der Waals surface area contributed by atoms with Crippen LogP contribution in [0.15, 0.2) is 24.3 Å². The summed E-state index contributed by atoms with van der Waals surface area (Å²) in [6.07, 6.45) is -3.52. The van der Waals surface area contributed by atoms with Crippen LogP contribution in [0.1, 0.15) is 22.8 Å². The molecule has 1 amide bonds. The Labute approximate surface area is 134 Å².